The van der Waals surface area contributed by atoms with Gasteiger partial charge in [0.05, 0.1) is 6.42 Å². The van der Waals surface area contributed by atoms with E-state index in [9.17, 15) is 14.4 Å². The Morgan fingerprint density at radius 1 is 1.19 bits per heavy atom. The molecular weight excluding hydrogens is 338 g/mol. The Balaban J connectivity index is 1.76. The van der Waals surface area contributed by atoms with E-state index in [0.29, 0.717) is 12.0 Å². The Hall–Kier alpha value is -1.53. The van der Waals surface area contributed by atoms with Crippen LogP contribution in [-0.4, -0.2) is 30.3 Å². The van der Waals surface area contributed by atoms with Gasteiger partial charge in [0.1, 0.15) is 6.04 Å². The van der Waals surface area contributed by atoms with Crippen molar-refractivity contribution in [3.05, 3.63) is 34.3 Å². The molecule has 0 aliphatic carbocycles. The highest BCUT2D eigenvalue weighted by molar-refractivity contribution is 9.10. The zero-order chi connectivity index (χ0) is 15.2. The fourth-order valence-corrected chi connectivity index (χ4v) is 2.38. The molecule has 1 heterocycles. The lowest BCUT2D eigenvalue weighted by molar-refractivity contribution is -0.160. The third-order valence-electron chi connectivity index (χ3n) is 3.28. The molecule has 1 aliphatic rings. The monoisotopic (exact) mass is 353 g/mol. The molecule has 112 valence electrons. The standard InChI is InChI=1S/C15H16BrNO4/c16-11-5-3-10(4-6-11)13(18)7-8-14(19)21-15(20)12-2-1-9-17-12/h3-6,12,17H,1-2,7-9H2/t12-/m0/s1. The minimum atomic E-state index is -0.654. The van der Waals surface area contributed by atoms with Gasteiger partial charge >= 0.3 is 11.9 Å². The normalized spacial score (nSPS) is 17.5. The number of hydrogen-bond donors (Lipinski definition) is 1. The Kier molecular flexibility index (Phi) is 5.64. The van der Waals surface area contributed by atoms with E-state index in [1.165, 1.54) is 0 Å². The number of carbonyl (C=O) groups excluding carboxylic acids is 3. The Bertz CT molecular complexity index is 535. The molecule has 1 fully saturated rings. The topological polar surface area (TPSA) is 72.5 Å². The maximum absolute atomic E-state index is 11.9. The lowest BCUT2D eigenvalue weighted by atomic mass is 10.1. The predicted octanol–water partition coefficient (Wildman–Crippen LogP) is 2.23. The van der Waals surface area contributed by atoms with Gasteiger partial charge in [-0.2, -0.15) is 0 Å². The largest absolute Gasteiger partial charge is 0.392 e. The number of benzene rings is 1. The van der Waals surface area contributed by atoms with Gasteiger partial charge in [0.15, 0.2) is 5.78 Å². The molecule has 21 heavy (non-hydrogen) atoms. The molecule has 0 spiro atoms. The molecule has 0 radical (unpaired) electrons. The molecule has 1 atom stereocenters. The van der Waals surface area contributed by atoms with Crippen molar-refractivity contribution < 1.29 is 19.1 Å². The van der Waals surface area contributed by atoms with Gasteiger partial charge in [-0.3, -0.25) is 9.59 Å². The van der Waals surface area contributed by atoms with Gasteiger partial charge in [-0.05, 0) is 31.5 Å². The van der Waals surface area contributed by atoms with Crippen LogP contribution >= 0.6 is 15.9 Å². The number of rotatable bonds is 5. The second kappa shape index (κ2) is 7.47. The summed E-state index contributed by atoms with van der Waals surface area (Å²) >= 11 is 3.29. The van der Waals surface area contributed by atoms with Gasteiger partial charge in [0.25, 0.3) is 0 Å². The van der Waals surface area contributed by atoms with Crippen LogP contribution in [0.15, 0.2) is 28.7 Å². The zero-order valence-corrected chi connectivity index (χ0v) is 13.0. The number of ketones is 1. The zero-order valence-electron chi connectivity index (χ0n) is 11.4. The van der Waals surface area contributed by atoms with Crippen molar-refractivity contribution >= 4 is 33.7 Å². The number of halogens is 1. The van der Waals surface area contributed by atoms with Crippen LogP contribution in [0, 0.1) is 0 Å². The maximum Gasteiger partial charge on any atom is 0.330 e. The van der Waals surface area contributed by atoms with Crippen LogP contribution in [0.25, 0.3) is 0 Å². The summed E-state index contributed by atoms with van der Waals surface area (Å²) in [4.78, 5) is 35.1. The Morgan fingerprint density at radius 3 is 2.52 bits per heavy atom. The summed E-state index contributed by atoms with van der Waals surface area (Å²) in [6, 6.07) is 6.51. The van der Waals surface area contributed by atoms with E-state index < -0.39 is 18.0 Å². The molecular formula is C15H16BrNO4. The van der Waals surface area contributed by atoms with Crippen LogP contribution in [0.3, 0.4) is 0 Å². The molecule has 1 aromatic carbocycles. The van der Waals surface area contributed by atoms with Crippen LogP contribution in [-0.2, 0) is 14.3 Å². The summed E-state index contributed by atoms with van der Waals surface area (Å²) in [5.41, 5.74) is 0.537. The quantitative estimate of drug-likeness (QED) is 0.499. The lowest BCUT2D eigenvalue weighted by Gasteiger charge is -2.08. The van der Waals surface area contributed by atoms with Gasteiger partial charge in [0.2, 0.25) is 0 Å². The van der Waals surface area contributed by atoms with Crippen molar-refractivity contribution in [2.24, 2.45) is 0 Å². The molecule has 1 saturated heterocycles. The maximum atomic E-state index is 11.9. The van der Waals surface area contributed by atoms with E-state index in [4.69, 9.17) is 4.74 Å². The van der Waals surface area contributed by atoms with E-state index in [2.05, 4.69) is 21.2 Å². The highest BCUT2D eigenvalue weighted by Gasteiger charge is 2.25. The molecule has 0 saturated carbocycles. The first-order valence-electron chi connectivity index (χ1n) is 6.83. The van der Waals surface area contributed by atoms with Crippen LogP contribution in [0.2, 0.25) is 0 Å². The minimum absolute atomic E-state index is 0.0336. The van der Waals surface area contributed by atoms with E-state index in [1.54, 1.807) is 24.3 Å². The number of ether oxygens (including phenoxy) is 1. The molecule has 1 aliphatic heterocycles. The third kappa shape index (κ3) is 4.75. The van der Waals surface area contributed by atoms with Crippen molar-refractivity contribution in [2.75, 3.05) is 6.54 Å². The van der Waals surface area contributed by atoms with Gasteiger partial charge in [-0.25, -0.2) is 4.79 Å². The Labute approximate surface area is 131 Å². The SMILES string of the molecule is O=C(CCC(=O)c1ccc(Br)cc1)OC(=O)[C@@H]1CCCN1. The highest BCUT2D eigenvalue weighted by Crippen LogP contribution is 2.13. The first kappa shape index (κ1) is 15.9. The summed E-state index contributed by atoms with van der Waals surface area (Å²) in [5, 5.41) is 2.96. The van der Waals surface area contributed by atoms with Crippen LogP contribution in [0.4, 0.5) is 0 Å². The molecule has 1 aromatic rings. The van der Waals surface area contributed by atoms with E-state index in [-0.39, 0.29) is 18.6 Å². The molecule has 0 aromatic heterocycles. The summed E-state index contributed by atoms with van der Waals surface area (Å²) in [7, 11) is 0. The lowest BCUT2D eigenvalue weighted by Crippen LogP contribution is -2.33. The second-order valence-electron chi connectivity index (χ2n) is 4.87. The van der Waals surface area contributed by atoms with Gasteiger partial charge in [-0.15, -0.1) is 0 Å². The van der Waals surface area contributed by atoms with Gasteiger partial charge in [-0.1, -0.05) is 28.1 Å². The van der Waals surface area contributed by atoms with E-state index in [0.717, 1.165) is 17.4 Å². The van der Waals surface area contributed by atoms with Crippen molar-refractivity contribution in [2.45, 2.75) is 31.7 Å². The number of hydrogen-bond acceptors (Lipinski definition) is 5. The van der Waals surface area contributed by atoms with Crippen molar-refractivity contribution in [3.63, 3.8) is 0 Å². The molecule has 1 N–H and O–H groups in total. The van der Waals surface area contributed by atoms with Gasteiger partial charge < -0.3 is 10.1 Å². The van der Waals surface area contributed by atoms with Crippen molar-refractivity contribution in [1.29, 1.82) is 0 Å². The van der Waals surface area contributed by atoms with Crippen molar-refractivity contribution in [3.8, 4) is 0 Å². The van der Waals surface area contributed by atoms with Crippen molar-refractivity contribution in [1.82, 2.24) is 5.32 Å². The molecule has 5 nitrogen and oxygen atoms in total. The highest BCUT2D eigenvalue weighted by atomic mass is 79.9. The molecule has 0 bridgehead atoms. The number of esters is 2. The van der Waals surface area contributed by atoms with E-state index >= 15 is 0 Å². The van der Waals surface area contributed by atoms with Crippen LogP contribution < -0.4 is 5.32 Å². The minimum Gasteiger partial charge on any atom is -0.392 e. The molecule has 0 unspecified atom stereocenters. The number of carbonyl (C=O) groups is 3. The smallest absolute Gasteiger partial charge is 0.330 e. The van der Waals surface area contributed by atoms with Crippen LogP contribution in [0.5, 0.6) is 0 Å². The molecule has 6 heteroatoms. The van der Waals surface area contributed by atoms with Gasteiger partial charge in [0, 0.05) is 16.5 Å². The molecule has 0 amide bonds. The Morgan fingerprint density at radius 2 is 1.90 bits per heavy atom. The average Bonchev–Trinajstić information content (AvgIpc) is 3.00. The summed E-state index contributed by atoms with van der Waals surface area (Å²) in [6.45, 7) is 0.760. The fourth-order valence-electron chi connectivity index (χ4n) is 2.12. The number of nitrogens with one attached hydrogen (secondary N) is 1. The molecule has 2 rings (SSSR count). The van der Waals surface area contributed by atoms with E-state index in [1.807, 2.05) is 0 Å². The summed E-state index contributed by atoms with van der Waals surface area (Å²) in [5.74, 6) is -1.35. The fraction of sp³-hybridized carbons (Fsp3) is 0.400. The first-order chi connectivity index (χ1) is 10.1. The predicted molar refractivity (Wildman–Crippen MR) is 79.8 cm³/mol. The second-order valence-corrected chi connectivity index (χ2v) is 5.79. The first-order valence-corrected chi connectivity index (χ1v) is 7.62. The summed E-state index contributed by atoms with van der Waals surface area (Å²) < 4.78 is 5.62. The van der Waals surface area contributed by atoms with Crippen LogP contribution in [0.1, 0.15) is 36.0 Å². The average molecular weight is 354 g/mol. The summed E-state index contributed by atoms with van der Waals surface area (Å²) in [6.07, 6.45) is 1.53. The number of Topliss-reactive ketones (excluding diaryl/α,β-unsaturated/α-hetero) is 1. The third-order valence-corrected chi connectivity index (χ3v) is 3.81.